The summed E-state index contributed by atoms with van der Waals surface area (Å²) in [6.07, 6.45) is 3.24. The van der Waals surface area contributed by atoms with Crippen LogP contribution in [0.25, 0.3) is 0 Å². The average molecular weight is 196 g/mol. The molecule has 0 aliphatic heterocycles. The Bertz CT molecular complexity index is 281. The summed E-state index contributed by atoms with van der Waals surface area (Å²) >= 11 is 0. The molecule has 0 fully saturated rings. The van der Waals surface area contributed by atoms with Crippen molar-refractivity contribution in [3.63, 3.8) is 0 Å². The van der Waals surface area contributed by atoms with Crippen molar-refractivity contribution < 1.29 is 4.79 Å². The van der Waals surface area contributed by atoms with E-state index in [-0.39, 0.29) is 11.8 Å². The lowest BCUT2D eigenvalue weighted by Crippen LogP contribution is -2.43. The average Bonchev–Trinajstić information content (AvgIpc) is 2.65. The standard InChI is InChI=1S/C9H16N4O/c1-6(2)8(10)9(14)12-4-7-3-11-5-13-7/h3,5-6,8H,4,10H2,1-2H3,(H,11,13)(H,12,14)/t8-/m0/s1. The molecule has 0 spiro atoms. The van der Waals surface area contributed by atoms with Crippen LogP contribution >= 0.6 is 0 Å². The van der Waals surface area contributed by atoms with Gasteiger partial charge in [-0.15, -0.1) is 0 Å². The molecule has 1 aromatic rings. The van der Waals surface area contributed by atoms with Gasteiger partial charge >= 0.3 is 0 Å². The quantitative estimate of drug-likeness (QED) is 0.634. The number of aromatic amines is 1. The third-order valence-corrected chi connectivity index (χ3v) is 2.03. The fourth-order valence-electron chi connectivity index (χ4n) is 0.984. The molecule has 78 valence electrons. The van der Waals surface area contributed by atoms with Crippen LogP contribution in [-0.2, 0) is 11.3 Å². The highest BCUT2D eigenvalue weighted by Crippen LogP contribution is 1.98. The minimum atomic E-state index is -0.446. The number of H-pyrrole nitrogens is 1. The summed E-state index contributed by atoms with van der Waals surface area (Å²) in [6.45, 7) is 4.28. The number of amides is 1. The summed E-state index contributed by atoms with van der Waals surface area (Å²) in [5.41, 5.74) is 6.53. The molecule has 0 saturated heterocycles. The Kier molecular flexibility index (Phi) is 3.64. The molecule has 1 atom stereocenters. The zero-order valence-electron chi connectivity index (χ0n) is 8.45. The van der Waals surface area contributed by atoms with Gasteiger partial charge in [-0.3, -0.25) is 4.79 Å². The second-order valence-corrected chi connectivity index (χ2v) is 3.56. The van der Waals surface area contributed by atoms with E-state index in [2.05, 4.69) is 15.3 Å². The first-order valence-corrected chi connectivity index (χ1v) is 4.62. The fourth-order valence-corrected chi connectivity index (χ4v) is 0.984. The summed E-state index contributed by atoms with van der Waals surface area (Å²) < 4.78 is 0. The summed E-state index contributed by atoms with van der Waals surface area (Å²) in [5.74, 6) is 0.0198. The van der Waals surface area contributed by atoms with Gasteiger partial charge in [-0.1, -0.05) is 13.8 Å². The molecule has 0 radical (unpaired) electrons. The highest BCUT2D eigenvalue weighted by Gasteiger charge is 2.16. The van der Waals surface area contributed by atoms with Crippen LogP contribution in [0.15, 0.2) is 12.5 Å². The van der Waals surface area contributed by atoms with Crippen molar-refractivity contribution in [2.24, 2.45) is 11.7 Å². The predicted octanol–water partition coefficient (Wildman–Crippen LogP) is 0.00920. The van der Waals surface area contributed by atoms with Crippen LogP contribution in [0.3, 0.4) is 0 Å². The summed E-state index contributed by atoms with van der Waals surface area (Å²) in [5, 5.41) is 2.73. The zero-order chi connectivity index (χ0) is 10.6. The molecule has 0 aliphatic rings. The fraction of sp³-hybridized carbons (Fsp3) is 0.556. The van der Waals surface area contributed by atoms with Gasteiger partial charge in [-0.25, -0.2) is 4.98 Å². The van der Waals surface area contributed by atoms with Crippen LogP contribution < -0.4 is 11.1 Å². The Labute approximate surface area is 83.1 Å². The van der Waals surface area contributed by atoms with E-state index in [4.69, 9.17) is 5.73 Å². The number of carbonyl (C=O) groups excluding carboxylic acids is 1. The Morgan fingerprint density at radius 2 is 2.43 bits per heavy atom. The van der Waals surface area contributed by atoms with Crippen LogP contribution in [0.1, 0.15) is 19.5 Å². The van der Waals surface area contributed by atoms with E-state index >= 15 is 0 Å². The Hall–Kier alpha value is -1.36. The van der Waals surface area contributed by atoms with E-state index in [1.54, 1.807) is 12.5 Å². The number of hydrogen-bond donors (Lipinski definition) is 3. The van der Waals surface area contributed by atoms with Crippen molar-refractivity contribution in [3.05, 3.63) is 18.2 Å². The first-order chi connectivity index (χ1) is 6.61. The minimum absolute atomic E-state index is 0.130. The van der Waals surface area contributed by atoms with E-state index in [1.165, 1.54) is 0 Å². The van der Waals surface area contributed by atoms with Crippen molar-refractivity contribution in [1.82, 2.24) is 15.3 Å². The zero-order valence-corrected chi connectivity index (χ0v) is 8.45. The maximum Gasteiger partial charge on any atom is 0.237 e. The van der Waals surface area contributed by atoms with Gasteiger partial charge in [0.25, 0.3) is 0 Å². The van der Waals surface area contributed by atoms with Crippen LogP contribution in [0.5, 0.6) is 0 Å². The summed E-state index contributed by atoms with van der Waals surface area (Å²) in [7, 11) is 0. The van der Waals surface area contributed by atoms with Crippen molar-refractivity contribution in [2.45, 2.75) is 26.4 Å². The van der Waals surface area contributed by atoms with Crippen molar-refractivity contribution >= 4 is 5.91 Å². The van der Waals surface area contributed by atoms with E-state index in [1.807, 2.05) is 13.8 Å². The monoisotopic (exact) mass is 196 g/mol. The molecular formula is C9H16N4O. The number of aromatic nitrogens is 2. The summed E-state index contributed by atoms with van der Waals surface area (Å²) in [6, 6.07) is -0.446. The van der Waals surface area contributed by atoms with E-state index < -0.39 is 6.04 Å². The number of imidazole rings is 1. The lowest BCUT2D eigenvalue weighted by molar-refractivity contribution is -0.123. The number of carbonyl (C=O) groups is 1. The summed E-state index contributed by atoms with van der Waals surface area (Å²) in [4.78, 5) is 18.1. The van der Waals surface area contributed by atoms with Gasteiger partial charge in [0, 0.05) is 6.20 Å². The Morgan fingerprint density at radius 3 is 2.93 bits per heavy atom. The van der Waals surface area contributed by atoms with Gasteiger partial charge in [-0.05, 0) is 5.92 Å². The third kappa shape index (κ3) is 2.85. The minimum Gasteiger partial charge on any atom is -0.349 e. The molecule has 1 heterocycles. The van der Waals surface area contributed by atoms with Gasteiger partial charge in [-0.2, -0.15) is 0 Å². The first kappa shape index (κ1) is 10.7. The molecule has 0 aromatic carbocycles. The van der Waals surface area contributed by atoms with Gasteiger partial charge in [0.1, 0.15) is 0 Å². The molecule has 0 unspecified atom stereocenters. The molecule has 0 bridgehead atoms. The maximum absolute atomic E-state index is 11.4. The number of nitrogens with two attached hydrogens (primary N) is 1. The number of rotatable bonds is 4. The van der Waals surface area contributed by atoms with Gasteiger partial charge in [0.2, 0.25) is 5.91 Å². The molecule has 1 rings (SSSR count). The second-order valence-electron chi connectivity index (χ2n) is 3.56. The molecule has 5 nitrogen and oxygen atoms in total. The first-order valence-electron chi connectivity index (χ1n) is 4.62. The normalized spacial score (nSPS) is 12.9. The molecule has 4 N–H and O–H groups in total. The van der Waals surface area contributed by atoms with Crippen LogP contribution in [0, 0.1) is 5.92 Å². The molecule has 5 heteroatoms. The lowest BCUT2D eigenvalue weighted by Gasteiger charge is -2.14. The van der Waals surface area contributed by atoms with Gasteiger partial charge in [0.15, 0.2) is 0 Å². The molecular weight excluding hydrogens is 180 g/mol. The van der Waals surface area contributed by atoms with E-state index in [0.29, 0.717) is 6.54 Å². The number of nitrogens with one attached hydrogen (secondary N) is 2. The van der Waals surface area contributed by atoms with Crippen molar-refractivity contribution in [3.8, 4) is 0 Å². The van der Waals surface area contributed by atoms with Gasteiger partial charge in [0.05, 0.1) is 24.6 Å². The van der Waals surface area contributed by atoms with Crippen molar-refractivity contribution in [2.75, 3.05) is 0 Å². The molecule has 0 aliphatic carbocycles. The smallest absolute Gasteiger partial charge is 0.237 e. The Morgan fingerprint density at radius 1 is 1.71 bits per heavy atom. The third-order valence-electron chi connectivity index (χ3n) is 2.03. The van der Waals surface area contributed by atoms with E-state index in [9.17, 15) is 4.79 Å². The second kappa shape index (κ2) is 4.76. The Balaban J connectivity index is 2.35. The number of hydrogen-bond acceptors (Lipinski definition) is 3. The predicted molar refractivity (Wildman–Crippen MR) is 53.2 cm³/mol. The molecule has 0 saturated carbocycles. The van der Waals surface area contributed by atoms with Crippen LogP contribution in [0.4, 0.5) is 0 Å². The van der Waals surface area contributed by atoms with Crippen LogP contribution in [0.2, 0.25) is 0 Å². The van der Waals surface area contributed by atoms with Crippen molar-refractivity contribution in [1.29, 1.82) is 0 Å². The largest absolute Gasteiger partial charge is 0.349 e. The highest BCUT2D eigenvalue weighted by atomic mass is 16.2. The van der Waals surface area contributed by atoms with E-state index in [0.717, 1.165) is 5.69 Å². The highest BCUT2D eigenvalue weighted by molar-refractivity contribution is 5.81. The molecule has 14 heavy (non-hydrogen) atoms. The van der Waals surface area contributed by atoms with Gasteiger partial charge < -0.3 is 16.0 Å². The topological polar surface area (TPSA) is 83.8 Å². The maximum atomic E-state index is 11.4. The van der Waals surface area contributed by atoms with Crippen LogP contribution in [-0.4, -0.2) is 21.9 Å². The molecule has 1 amide bonds. The molecule has 1 aromatic heterocycles. The SMILES string of the molecule is CC(C)[C@H](N)C(=O)NCc1cnc[nH]1. The lowest BCUT2D eigenvalue weighted by atomic mass is 10.1. The number of nitrogens with zero attached hydrogens (tertiary/aromatic N) is 1.